The predicted molar refractivity (Wildman–Crippen MR) is 87.8 cm³/mol. The molecule has 0 aromatic rings. The van der Waals surface area contributed by atoms with Gasteiger partial charge in [0.05, 0.1) is 18.0 Å². The molecule has 152 valence electrons. The number of primary amides is 1. The van der Waals surface area contributed by atoms with E-state index in [2.05, 4.69) is 18.5 Å². The van der Waals surface area contributed by atoms with E-state index in [-0.39, 0.29) is 0 Å². The van der Waals surface area contributed by atoms with Crippen LogP contribution >= 0.6 is 36.0 Å². The molecule has 0 spiro atoms. The molecule has 14 nitrogen and oxygen atoms in total. The lowest BCUT2D eigenvalue weighted by Crippen LogP contribution is -2.38. The minimum atomic E-state index is -5.29. The maximum Gasteiger partial charge on any atom is 0.487 e. The smallest absolute Gasteiger partial charge is 0.389 e. The molecule has 9 N–H and O–H groups in total. The van der Waals surface area contributed by atoms with Gasteiger partial charge in [0.15, 0.2) is 0 Å². The summed E-state index contributed by atoms with van der Waals surface area (Å²) in [6, 6.07) is 0. The summed E-state index contributed by atoms with van der Waals surface area (Å²) in [5, 5.41) is 20.5. The average Bonchev–Trinajstić information content (AvgIpc) is 2.70. The third-order valence-electron chi connectivity index (χ3n) is 2.66. The number of carbonyl (C=O) groups is 1. The van der Waals surface area contributed by atoms with Crippen molar-refractivity contribution < 1.29 is 56.9 Å². The second-order valence-corrected chi connectivity index (χ2v) is 9.96. The van der Waals surface area contributed by atoms with E-state index in [1.54, 1.807) is 0 Å². The van der Waals surface area contributed by atoms with Gasteiger partial charge in [0.1, 0.15) is 11.5 Å². The van der Waals surface area contributed by atoms with Crippen LogP contribution in [0.25, 0.3) is 0 Å². The molecular weight excluding hydrogens is 441 g/mol. The number of aliphatic hydroxyl groups is 2. The standard InChI is InChI=1S/C8H17N2O12P3S/c9-5(11)1-2-10-8-7(13)6(12)4(26-8)3-20-24(16,17)22-25(18,19)21-23(14)15/h1-2,4,6-8,10,12-15H,3H2,(H2,9,11)(H,16,17)(H,18,19)/b2-1-/t4-,6-,7-,8-/m1/s1. The zero-order chi connectivity index (χ0) is 20.1. The summed E-state index contributed by atoms with van der Waals surface area (Å²) in [4.78, 5) is 45.9. The van der Waals surface area contributed by atoms with Gasteiger partial charge in [-0.25, -0.2) is 13.4 Å². The Hall–Kier alpha value is -0.110. The van der Waals surface area contributed by atoms with Gasteiger partial charge in [-0.05, 0) is 0 Å². The maximum absolute atomic E-state index is 11.6. The highest BCUT2D eigenvalue weighted by Gasteiger charge is 2.44. The molecule has 1 saturated heterocycles. The van der Waals surface area contributed by atoms with E-state index in [0.29, 0.717) is 0 Å². The second kappa shape index (κ2) is 9.89. The van der Waals surface area contributed by atoms with Crippen molar-refractivity contribution in [1.29, 1.82) is 0 Å². The van der Waals surface area contributed by atoms with Crippen molar-refractivity contribution >= 4 is 41.9 Å². The number of rotatable bonds is 10. The second-order valence-electron chi connectivity index (χ2n) is 4.63. The molecule has 0 aromatic carbocycles. The Morgan fingerprint density at radius 1 is 1.23 bits per heavy atom. The zero-order valence-corrected chi connectivity index (χ0v) is 16.1. The van der Waals surface area contributed by atoms with E-state index >= 15 is 0 Å². The number of hydrogen-bond donors (Lipinski definition) is 8. The van der Waals surface area contributed by atoms with Crippen LogP contribution in [0.3, 0.4) is 0 Å². The number of aliphatic hydroxyl groups excluding tert-OH is 2. The first-order chi connectivity index (χ1) is 11.8. The van der Waals surface area contributed by atoms with Gasteiger partial charge in [-0.3, -0.25) is 9.32 Å². The van der Waals surface area contributed by atoms with E-state index in [0.717, 1.165) is 24.0 Å². The van der Waals surface area contributed by atoms with Crippen molar-refractivity contribution in [2.75, 3.05) is 6.61 Å². The normalized spacial score (nSPS) is 31.0. The largest absolute Gasteiger partial charge is 0.487 e. The Bertz CT molecular complexity index is 619. The number of thioether (sulfide) groups is 1. The fourth-order valence-corrected chi connectivity index (χ4v) is 5.81. The predicted octanol–water partition coefficient (Wildman–Crippen LogP) is -1.80. The SMILES string of the molecule is NC(=O)/C=C\N[C@@H]1S[C@H](COP(=O)(O)OP(=O)(O)OP(O)O)[C@@H](O)[C@H]1O. The van der Waals surface area contributed by atoms with Gasteiger partial charge in [0, 0.05) is 12.3 Å². The molecule has 0 saturated carbocycles. The van der Waals surface area contributed by atoms with Crippen molar-refractivity contribution in [2.24, 2.45) is 5.73 Å². The lowest BCUT2D eigenvalue weighted by atomic mass is 10.1. The summed E-state index contributed by atoms with van der Waals surface area (Å²) in [5.41, 5.74) is 4.88. The average molecular weight is 458 g/mol. The van der Waals surface area contributed by atoms with Crippen LogP contribution in [-0.4, -0.2) is 65.1 Å². The molecule has 18 heteroatoms. The van der Waals surface area contributed by atoms with E-state index in [1.807, 2.05) is 0 Å². The topological polar surface area (TPSA) is 238 Å². The molecule has 0 aliphatic carbocycles. The third-order valence-corrected chi connectivity index (χ3v) is 7.66. The van der Waals surface area contributed by atoms with Crippen molar-refractivity contribution in [3.63, 3.8) is 0 Å². The fourth-order valence-electron chi connectivity index (χ4n) is 1.68. The Balaban J connectivity index is 2.59. The molecule has 1 aliphatic heterocycles. The fraction of sp³-hybridized carbons (Fsp3) is 0.625. The van der Waals surface area contributed by atoms with E-state index in [9.17, 15) is 29.0 Å². The molecule has 1 rings (SSSR count). The van der Waals surface area contributed by atoms with E-state index in [4.69, 9.17) is 20.4 Å². The van der Waals surface area contributed by atoms with E-state index < -0.39 is 59.6 Å². The van der Waals surface area contributed by atoms with Crippen molar-refractivity contribution in [3.8, 4) is 0 Å². The van der Waals surface area contributed by atoms with Gasteiger partial charge >= 0.3 is 24.2 Å². The van der Waals surface area contributed by atoms with Crippen molar-refractivity contribution in [3.05, 3.63) is 12.3 Å². The molecule has 1 fully saturated rings. The summed E-state index contributed by atoms with van der Waals surface area (Å²) >= 11 is 0.881. The highest BCUT2D eigenvalue weighted by atomic mass is 32.2. The van der Waals surface area contributed by atoms with Gasteiger partial charge in [-0.1, -0.05) is 0 Å². The third kappa shape index (κ3) is 8.28. The first-order valence-electron chi connectivity index (χ1n) is 6.45. The van der Waals surface area contributed by atoms with Gasteiger partial charge in [-0.2, -0.15) is 4.31 Å². The van der Waals surface area contributed by atoms with Crippen LogP contribution in [0.2, 0.25) is 0 Å². The van der Waals surface area contributed by atoms with Gasteiger partial charge in [0.2, 0.25) is 5.91 Å². The summed E-state index contributed by atoms with van der Waals surface area (Å²) in [5.74, 6) is -0.751. The lowest BCUT2D eigenvalue weighted by Gasteiger charge is -2.19. The quantitative estimate of drug-likeness (QED) is 0.133. The first-order valence-corrected chi connectivity index (χ1v) is 11.6. The van der Waals surface area contributed by atoms with Crippen LogP contribution in [0.5, 0.6) is 0 Å². The van der Waals surface area contributed by atoms with Crippen LogP contribution < -0.4 is 11.1 Å². The van der Waals surface area contributed by atoms with Crippen LogP contribution in [0.4, 0.5) is 0 Å². The molecule has 1 heterocycles. The Morgan fingerprint density at radius 3 is 2.38 bits per heavy atom. The molecular formula is C8H17N2O12P3S. The Kier molecular flexibility index (Phi) is 9.11. The monoisotopic (exact) mass is 458 g/mol. The molecule has 0 aromatic heterocycles. The molecule has 1 aliphatic rings. The number of hydrogen-bond acceptors (Lipinski definition) is 12. The summed E-state index contributed by atoms with van der Waals surface area (Å²) in [7, 11) is -13.8. The molecule has 6 atom stereocenters. The van der Waals surface area contributed by atoms with Gasteiger partial charge < -0.3 is 40.8 Å². The van der Waals surface area contributed by atoms with Crippen LogP contribution in [0, 0.1) is 0 Å². The number of nitrogens with two attached hydrogens (primary N) is 1. The van der Waals surface area contributed by atoms with Crippen LogP contribution in [0.15, 0.2) is 12.3 Å². The van der Waals surface area contributed by atoms with Gasteiger partial charge in [0.25, 0.3) is 0 Å². The number of phosphoric ester groups is 1. The van der Waals surface area contributed by atoms with Gasteiger partial charge in [-0.15, -0.1) is 11.8 Å². The molecule has 0 radical (unpaired) electrons. The summed E-state index contributed by atoms with van der Waals surface area (Å²) in [6.07, 6.45) is -0.653. The summed E-state index contributed by atoms with van der Waals surface area (Å²) < 4.78 is 34.8. The lowest BCUT2D eigenvalue weighted by molar-refractivity contribution is -0.113. The van der Waals surface area contributed by atoms with Crippen molar-refractivity contribution in [2.45, 2.75) is 22.8 Å². The molecule has 1 amide bonds. The Morgan fingerprint density at radius 2 is 1.85 bits per heavy atom. The molecule has 0 bridgehead atoms. The number of phosphoric acid groups is 2. The zero-order valence-electron chi connectivity index (χ0n) is 12.6. The van der Waals surface area contributed by atoms with Crippen LogP contribution in [0.1, 0.15) is 0 Å². The van der Waals surface area contributed by atoms with E-state index in [1.165, 1.54) is 0 Å². The minimum absolute atomic E-state index is 0.693. The number of carbonyl (C=O) groups excluding carboxylic acids is 1. The first kappa shape index (κ1) is 23.9. The van der Waals surface area contributed by atoms with Crippen molar-refractivity contribution in [1.82, 2.24) is 5.32 Å². The molecule has 26 heavy (non-hydrogen) atoms. The highest BCUT2D eigenvalue weighted by molar-refractivity contribution is 8.00. The maximum atomic E-state index is 11.6. The minimum Gasteiger partial charge on any atom is -0.389 e. The number of nitrogens with one attached hydrogen (secondary N) is 1. The summed E-state index contributed by atoms with van der Waals surface area (Å²) in [6.45, 7) is -0.693. The highest BCUT2D eigenvalue weighted by Crippen LogP contribution is 2.64. The van der Waals surface area contributed by atoms with Crippen LogP contribution in [-0.2, 0) is 27.1 Å². The number of amides is 1. The molecule has 2 unspecified atom stereocenters. The Labute approximate surface area is 152 Å².